The molecule has 0 fully saturated rings. The molecule has 0 aromatic carbocycles. The minimum absolute atomic E-state index is 0.787. The van der Waals surface area contributed by atoms with Crippen molar-refractivity contribution in [2.45, 2.75) is 32.5 Å². The number of ether oxygens (including phenoxy) is 2. The highest BCUT2D eigenvalue weighted by atomic mass is 16.6. The Bertz CT molecular complexity index is 318. The maximum atomic E-state index is 11.3. The van der Waals surface area contributed by atoms with Gasteiger partial charge in [-0.05, 0) is 6.92 Å². The van der Waals surface area contributed by atoms with Crippen molar-refractivity contribution in [3.05, 3.63) is 0 Å². The molecule has 0 amide bonds. The second-order valence-corrected chi connectivity index (χ2v) is 3.11. The summed E-state index contributed by atoms with van der Waals surface area (Å²) < 4.78 is 8.81. The molecule has 0 aromatic rings. The second kappa shape index (κ2) is 6.46. The van der Waals surface area contributed by atoms with E-state index in [1.165, 1.54) is 0 Å². The van der Waals surface area contributed by atoms with Crippen molar-refractivity contribution in [1.82, 2.24) is 0 Å². The summed E-state index contributed by atoms with van der Waals surface area (Å²) in [5.74, 6) is -4.85. The summed E-state index contributed by atoms with van der Waals surface area (Å²) in [5.41, 5.74) is 0. The number of aliphatic carboxylic acids is 2. The average Bonchev–Trinajstić information content (AvgIpc) is 2.14. The number of hydrogen-bond donors (Lipinski definition) is 2. The van der Waals surface area contributed by atoms with Crippen molar-refractivity contribution < 1.29 is 38.9 Å². The number of carbonyl (C=O) groups is 4. The van der Waals surface area contributed by atoms with E-state index in [0.29, 0.717) is 0 Å². The van der Waals surface area contributed by atoms with E-state index in [-0.39, 0.29) is 0 Å². The van der Waals surface area contributed by atoms with Gasteiger partial charge in [-0.2, -0.15) is 0 Å². The Morgan fingerprint density at radius 2 is 1.65 bits per heavy atom. The molecule has 0 aromatic heterocycles. The summed E-state index contributed by atoms with van der Waals surface area (Å²) in [4.78, 5) is 42.7. The van der Waals surface area contributed by atoms with Gasteiger partial charge in [0.05, 0.1) is 6.42 Å². The van der Waals surface area contributed by atoms with Crippen molar-refractivity contribution in [3.63, 3.8) is 0 Å². The van der Waals surface area contributed by atoms with Crippen LogP contribution in [0.1, 0.15) is 20.3 Å². The predicted molar refractivity (Wildman–Crippen MR) is 51.0 cm³/mol. The molecule has 0 radical (unpaired) electrons. The van der Waals surface area contributed by atoms with Crippen LogP contribution in [0.3, 0.4) is 0 Å². The quantitative estimate of drug-likeness (QED) is 0.597. The van der Waals surface area contributed by atoms with Gasteiger partial charge >= 0.3 is 23.9 Å². The summed E-state index contributed by atoms with van der Waals surface area (Å²) in [6.07, 6.45) is -3.88. The molecule has 2 atom stereocenters. The maximum absolute atomic E-state index is 11.3. The van der Waals surface area contributed by atoms with Crippen molar-refractivity contribution in [2.75, 3.05) is 0 Å². The van der Waals surface area contributed by atoms with E-state index in [1.54, 1.807) is 0 Å². The second-order valence-electron chi connectivity index (χ2n) is 3.11. The minimum atomic E-state index is -1.65. The zero-order valence-corrected chi connectivity index (χ0v) is 9.21. The molecule has 0 spiro atoms. The molecule has 0 aliphatic rings. The lowest BCUT2D eigenvalue weighted by Crippen LogP contribution is -2.35. The fourth-order valence-electron chi connectivity index (χ4n) is 0.833. The molecule has 2 N–H and O–H groups in total. The maximum Gasteiger partial charge on any atom is 0.348 e. The molecule has 8 nitrogen and oxygen atoms in total. The van der Waals surface area contributed by atoms with Crippen molar-refractivity contribution in [2.24, 2.45) is 0 Å². The van der Waals surface area contributed by atoms with E-state index in [9.17, 15) is 19.2 Å². The molecule has 0 heterocycles. The first kappa shape index (κ1) is 14.9. The molecular weight excluding hydrogens is 236 g/mol. The minimum Gasteiger partial charge on any atom is -0.481 e. The lowest BCUT2D eigenvalue weighted by Gasteiger charge is -2.15. The summed E-state index contributed by atoms with van der Waals surface area (Å²) in [5, 5.41) is 16.9. The van der Waals surface area contributed by atoms with E-state index < -0.39 is 42.5 Å². The first-order valence-corrected chi connectivity index (χ1v) is 4.56. The van der Waals surface area contributed by atoms with Crippen LogP contribution in [-0.2, 0) is 28.7 Å². The van der Waals surface area contributed by atoms with Gasteiger partial charge in [-0.15, -0.1) is 0 Å². The number of hydrogen-bond acceptors (Lipinski definition) is 6. The first-order chi connectivity index (χ1) is 7.73. The smallest absolute Gasteiger partial charge is 0.348 e. The highest BCUT2D eigenvalue weighted by Crippen LogP contribution is 2.05. The third kappa shape index (κ3) is 6.13. The van der Waals surface area contributed by atoms with Crippen LogP contribution in [0.2, 0.25) is 0 Å². The van der Waals surface area contributed by atoms with Crippen LogP contribution in [0.5, 0.6) is 0 Å². The van der Waals surface area contributed by atoms with Gasteiger partial charge < -0.3 is 19.7 Å². The Labute approximate surface area is 96.1 Å². The van der Waals surface area contributed by atoms with Gasteiger partial charge in [0.15, 0.2) is 6.10 Å². The Morgan fingerprint density at radius 3 is 2.00 bits per heavy atom. The normalized spacial score (nSPS) is 13.3. The van der Waals surface area contributed by atoms with Gasteiger partial charge in [0.25, 0.3) is 0 Å². The molecule has 17 heavy (non-hydrogen) atoms. The largest absolute Gasteiger partial charge is 0.481 e. The monoisotopic (exact) mass is 248 g/mol. The van der Waals surface area contributed by atoms with E-state index >= 15 is 0 Å². The van der Waals surface area contributed by atoms with Crippen LogP contribution in [0.25, 0.3) is 0 Å². The van der Waals surface area contributed by atoms with E-state index in [2.05, 4.69) is 9.47 Å². The van der Waals surface area contributed by atoms with Crippen LogP contribution >= 0.6 is 0 Å². The zero-order chi connectivity index (χ0) is 13.6. The van der Waals surface area contributed by atoms with Gasteiger partial charge in [-0.1, -0.05) is 0 Å². The lowest BCUT2D eigenvalue weighted by atomic mass is 10.2. The van der Waals surface area contributed by atoms with E-state index in [4.69, 9.17) is 10.2 Å². The van der Waals surface area contributed by atoms with Gasteiger partial charge in [0.2, 0.25) is 6.10 Å². The molecular formula is C9H12O8. The van der Waals surface area contributed by atoms with E-state index in [0.717, 1.165) is 13.8 Å². The molecule has 8 heteroatoms. The molecule has 0 aliphatic heterocycles. The van der Waals surface area contributed by atoms with Crippen LogP contribution < -0.4 is 0 Å². The first-order valence-electron chi connectivity index (χ1n) is 4.56. The van der Waals surface area contributed by atoms with E-state index in [1.807, 2.05) is 0 Å². The summed E-state index contributed by atoms with van der Waals surface area (Å²) >= 11 is 0. The molecule has 0 saturated heterocycles. The Morgan fingerprint density at radius 1 is 1.12 bits per heavy atom. The van der Waals surface area contributed by atoms with Gasteiger partial charge in [0.1, 0.15) is 0 Å². The van der Waals surface area contributed by atoms with Gasteiger partial charge in [0, 0.05) is 6.92 Å². The SMILES string of the molecule is CC(=O)O[C@@H](CC(=O)O)C(=O)O[C@@H](C)C(=O)O. The highest BCUT2D eigenvalue weighted by Gasteiger charge is 2.29. The summed E-state index contributed by atoms with van der Waals surface area (Å²) in [6, 6.07) is 0. The Balaban J connectivity index is 4.57. The standard InChI is InChI=1S/C9H12O8/c1-4(8(13)14)16-9(15)6(3-7(11)12)17-5(2)10/h4,6H,3H2,1-2H3,(H,11,12)(H,13,14)/t4-,6-/m0/s1. The zero-order valence-electron chi connectivity index (χ0n) is 9.21. The third-order valence-corrected chi connectivity index (χ3v) is 1.57. The molecule has 96 valence electrons. The predicted octanol–water partition coefficient (Wildman–Crippen LogP) is -0.591. The fraction of sp³-hybridized carbons (Fsp3) is 0.556. The number of carboxylic acids is 2. The van der Waals surface area contributed by atoms with Crippen molar-refractivity contribution in [3.8, 4) is 0 Å². The third-order valence-electron chi connectivity index (χ3n) is 1.57. The van der Waals surface area contributed by atoms with Crippen molar-refractivity contribution >= 4 is 23.9 Å². The highest BCUT2D eigenvalue weighted by molar-refractivity contribution is 5.85. The number of carboxylic acid groups (broad SMARTS) is 2. The molecule has 0 bridgehead atoms. The van der Waals surface area contributed by atoms with Crippen LogP contribution in [0, 0.1) is 0 Å². The van der Waals surface area contributed by atoms with Crippen LogP contribution in [-0.4, -0.2) is 46.3 Å². The topological polar surface area (TPSA) is 127 Å². The summed E-state index contributed by atoms with van der Waals surface area (Å²) in [7, 11) is 0. The fourth-order valence-corrected chi connectivity index (χ4v) is 0.833. The molecule has 0 saturated carbocycles. The Kier molecular flexibility index (Phi) is 5.65. The number of esters is 2. The van der Waals surface area contributed by atoms with Gasteiger partial charge in [-0.25, -0.2) is 9.59 Å². The number of carbonyl (C=O) groups excluding carboxylic acids is 2. The Hall–Kier alpha value is -2.12. The molecule has 0 unspecified atom stereocenters. The van der Waals surface area contributed by atoms with Crippen LogP contribution in [0.4, 0.5) is 0 Å². The lowest BCUT2D eigenvalue weighted by molar-refractivity contribution is -0.177. The molecule has 0 aliphatic carbocycles. The van der Waals surface area contributed by atoms with Crippen LogP contribution in [0.15, 0.2) is 0 Å². The average molecular weight is 248 g/mol. The van der Waals surface area contributed by atoms with Crippen molar-refractivity contribution in [1.29, 1.82) is 0 Å². The summed E-state index contributed by atoms with van der Waals surface area (Å²) in [6.45, 7) is 2.08. The number of rotatable bonds is 6. The molecule has 0 rings (SSSR count). The van der Waals surface area contributed by atoms with Gasteiger partial charge in [-0.3, -0.25) is 9.59 Å².